The number of hydrogen-bond donors (Lipinski definition) is 1. The van der Waals surface area contributed by atoms with Crippen LogP contribution in [0.4, 0.5) is 0 Å². The molecule has 0 aliphatic heterocycles. The van der Waals surface area contributed by atoms with Crippen molar-refractivity contribution in [3.8, 4) is 0 Å². The van der Waals surface area contributed by atoms with Gasteiger partial charge in [0.15, 0.2) is 0 Å². The van der Waals surface area contributed by atoms with Crippen LogP contribution in [0.2, 0.25) is 0 Å². The monoisotopic (exact) mass is 277 g/mol. The lowest BCUT2D eigenvalue weighted by Crippen LogP contribution is -2.35. The maximum atomic E-state index is 3.74. The van der Waals surface area contributed by atoms with E-state index in [0.717, 1.165) is 17.8 Å². The third-order valence-electron chi connectivity index (χ3n) is 5.04. The van der Waals surface area contributed by atoms with Crippen molar-refractivity contribution in [3.63, 3.8) is 0 Å². The van der Waals surface area contributed by atoms with Gasteiger partial charge in [-0.2, -0.15) is 11.3 Å². The van der Waals surface area contributed by atoms with Gasteiger partial charge in [0.05, 0.1) is 0 Å². The molecule has 1 aromatic heterocycles. The van der Waals surface area contributed by atoms with E-state index in [1.165, 1.54) is 45.2 Å². The van der Waals surface area contributed by atoms with Crippen LogP contribution in [0.15, 0.2) is 16.8 Å². The summed E-state index contributed by atoms with van der Waals surface area (Å²) in [6, 6.07) is 2.30. The van der Waals surface area contributed by atoms with E-state index >= 15 is 0 Å². The molecule has 0 aromatic carbocycles. The Kier molecular flexibility index (Phi) is 4.00. The van der Waals surface area contributed by atoms with E-state index in [2.05, 4.69) is 36.0 Å². The van der Waals surface area contributed by atoms with Crippen molar-refractivity contribution >= 4 is 11.3 Å². The average molecular weight is 277 g/mol. The van der Waals surface area contributed by atoms with Crippen LogP contribution in [0.5, 0.6) is 0 Å². The molecule has 2 unspecified atom stereocenters. The molecule has 3 rings (SSSR count). The molecule has 2 aliphatic carbocycles. The van der Waals surface area contributed by atoms with Crippen LogP contribution in [0.25, 0.3) is 0 Å². The quantitative estimate of drug-likeness (QED) is 0.781. The molecule has 2 saturated carbocycles. The zero-order valence-corrected chi connectivity index (χ0v) is 13.1. The van der Waals surface area contributed by atoms with Crippen LogP contribution in [0.3, 0.4) is 0 Å². The molecule has 1 aromatic rings. The van der Waals surface area contributed by atoms with Gasteiger partial charge in [-0.15, -0.1) is 0 Å². The van der Waals surface area contributed by atoms with Gasteiger partial charge < -0.3 is 5.32 Å². The lowest BCUT2D eigenvalue weighted by Gasteiger charge is -2.32. The van der Waals surface area contributed by atoms with Gasteiger partial charge >= 0.3 is 0 Å². The van der Waals surface area contributed by atoms with Gasteiger partial charge in [0, 0.05) is 6.54 Å². The van der Waals surface area contributed by atoms with Gasteiger partial charge in [-0.05, 0) is 84.2 Å². The fraction of sp³-hybridized carbons (Fsp3) is 0.765. The topological polar surface area (TPSA) is 12.0 Å². The molecular formula is C17H27NS. The minimum atomic E-state index is 0.615. The highest BCUT2D eigenvalue weighted by molar-refractivity contribution is 7.07. The summed E-state index contributed by atoms with van der Waals surface area (Å²) in [6.45, 7) is 7.03. The van der Waals surface area contributed by atoms with E-state index in [1.807, 2.05) is 11.3 Å². The first kappa shape index (κ1) is 13.6. The third kappa shape index (κ3) is 3.41. The number of nitrogens with one attached hydrogen (secondary N) is 1. The summed E-state index contributed by atoms with van der Waals surface area (Å²) in [6.07, 6.45) is 7.19. The largest absolute Gasteiger partial charge is 0.316 e. The molecule has 2 atom stereocenters. The van der Waals surface area contributed by atoms with Crippen molar-refractivity contribution in [2.24, 2.45) is 23.2 Å². The van der Waals surface area contributed by atoms with E-state index < -0.39 is 0 Å². The van der Waals surface area contributed by atoms with E-state index in [4.69, 9.17) is 0 Å². The summed E-state index contributed by atoms with van der Waals surface area (Å²) < 4.78 is 0. The van der Waals surface area contributed by atoms with Crippen LogP contribution in [0.1, 0.15) is 45.1 Å². The molecule has 19 heavy (non-hydrogen) atoms. The van der Waals surface area contributed by atoms with Crippen molar-refractivity contribution in [1.82, 2.24) is 5.32 Å². The smallest absolute Gasteiger partial charge is 0.000824 e. The van der Waals surface area contributed by atoms with Gasteiger partial charge in [0.25, 0.3) is 0 Å². The first-order chi connectivity index (χ1) is 9.17. The fourth-order valence-corrected chi connectivity index (χ4v) is 4.62. The molecule has 1 nitrogen and oxygen atoms in total. The lowest BCUT2D eigenvalue weighted by molar-refractivity contribution is 0.227. The Morgan fingerprint density at radius 3 is 2.79 bits per heavy atom. The highest BCUT2D eigenvalue weighted by Gasteiger charge is 2.52. The van der Waals surface area contributed by atoms with Crippen molar-refractivity contribution in [2.75, 3.05) is 13.1 Å². The Balaban J connectivity index is 1.54. The molecule has 0 spiro atoms. The summed E-state index contributed by atoms with van der Waals surface area (Å²) in [5, 5.41) is 8.28. The standard InChI is InChI=1S/C17H27NS/c1-13(2)10-18-12-17(8-15-7-16(15)9-17)5-3-14-4-6-19-11-14/h4,6,11,13,15-16,18H,3,5,7-10,12H2,1-2H3. The number of thiophene rings is 1. The lowest BCUT2D eigenvalue weighted by atomic mass is 9.78. The summed E-state index contributed by atoms with van der Waals surface area (Å²) >= 11 is 1.84. The second-order valence-electron chi connectivity index (χ2n) is 7.32. The van der Waals surface area contributed by atoms with Crippen LogP contribution in [-0.4, -0.2) is 13.1 Å². The fourth-order valence-electron chi connectivity index (χ4n) is 3.91. The highest BCUT2D eigenvalue weighted by atomic mass is 32.1. The molecule has 2 heteroatoms. The molecule has 0 bridgehead atoms. The van der Waals surface area contributed by atoms with Crippen LogP contribution < -0.4 is 5.32 Å². The Hall–Kier alpha value is -0.340. The van der Waals surface area contributed by atoms with Gasteiger partial charge in [-0.1, -0.05) is 13.8 Å². The van der Waals surface area contributed by atoms with Crippen molar-refractivity contribution in [3.05, 3.63) is 22.4 Å². The Bertz CT molecular complexity index is 385. The molecule has 1 heterocycles. The predicted octanol–water partition coefficient (Wildman–Crippen LogP) is 4.34. The van der Waals surface area contributed by atoms with Crippen molar-refractivity contribution < 1.29 is 0 Å². The first-order valence-electron chi connectivity index (χ1n) is 7.89. The van der Waals surface area contributed by atoms with E-state index in [9.17, 15) is 0 Å². The zero-order chi connectivity index (χ0) is 13.3. The molecule has 106 valence electrons. The second-order valence-corrected chi connectivity index (χ2v) is 8.10. The SMILES string of the molecule is CC(C)CNCC1(CCc2ccsc2)CC2CC2C1. The Labute approximate surface area is 121 Å². The molecule has 2 fully saturated rings. The molecule has 0 radical (unpaired) electrons. The number of fused-ring (bicyclic) bond motifs is 1. The normalized spacial score (nSPS) is 32.8. The Morgan fingerprint density at radius 2 is 2.16 bits per heavy atom. The van der Waals surface area contributed by atoms with Gasteiger partial charge in [-0.3, -0.25) is 0 Å². The maximum Gasteiger partial charge on any atom is 0.000824 e. The van der Waals surface area contributed by atoms with E-state index in [-0.39, 0.29) is 0 Å². The molecule has 0 amide bonds. The first-order valence-corrected chi connectivity index (χ1v) is 8.83. The summed E-state index contributed by atoms with van der Waals surface area (Å²) in [4.78, 5) is 0. The summed E-state index contributed by atoms with van der Waals surface area (Å²) in [7, 11) is 0. The second kappa shape index (κ2) is 5.57. The van der Waals surface area contributed by atoms with Crippen LogP contribution in [-0.2, 0) is 6.42 Å². The van der Waals surface area contributed by atoms with Gasteiger partial charge in [0.1, 0.15) is 0 Å². The molecule has 1 N–H and O–H groups in total. The van der Waals surface area contributed by atoms with Crippen molar-refractivity contribution in [2.45, 2.75) is 46.0 Å². The molecular weight excluding hydrogens is 250 g/mol. The third-order valence-corrected chi connectivity index (χ3v) is 5.77. The zero-order valence-electron chi connectivity index (χ0n) is 12.3. The van der Waals surface area contributed by atoms with E-state index in [1.54, 1.807) is 5.56 Å². The molecule has 2 aliphatic rings. The Morgan fingerprint density at radius 1 is 1.37 bits per heavy atom. The van der Waals surface area contributed by atoms with Crippen molar-refractivity contribution in [1.29, 1.82) is 0 Å². The summed E-state index contributed by atoms with van der Waals surface area (Å²) in [5.41, 5.74) is 2.17. The number of hydrogen-bond acceptors (Lipinski definition) is 2. The number of aryl methyl sites for hydroxylation is 1. The van der Waals surface area contributed by atoms with Gasteiger partial charge in [0.2, 0.25) is 0 Å². The van der Waals surface area contributed by atoms with Crippen LogP contribution >= 0.6 is 11.3 Å². The van der Waals surface area contributed by atoms with Crippen LogP contribution in [0, 0.1) is 23.2 Å². The average Bonchev–Trinajstić information content (AvgIpc) is 2.83. The minimum Gasteiger partial charge on any atom is -0.316 e. The predicted molar refractivity (Wildman–Crippen MR) is 83.6 cm³/mol. The maximum absolute atomic E-state index is 3.74. The summed E-state index contributed by atoms with van der Waals surface area (Å²) in [5.74, 6) is 2.94. The number of rotatable bonds is 7. The molecule has 0 saturated heterocycles. The van der Waals surface area contributed by atoms with E-state index in [0.29, 0.717) is 5.41 Å². The van der Waals surface area contributed by atoms with Gasteiger partial charge in [-0.25, -0.2) is 0 Å². The minimum absolute atomic E-state index is 0.615. The highest BCUT2D eigenvalue weighted by Crippen LogP contribution is 2.61.